The van der Waals surface area contributed by atoms with Crippen molar-refractivity contribution in [2.75, 3.05) is 13.1 Å². The third-order valence-electron chi connectivity index (χ3n) is 9.53. The Labute approximate surface area is 258 Å². The van der Waals surface area contributed by atoms with E-state index < -0.39 is 5.82 Å². The zero-order chi connectivity index (χ0) is 31.0. The molecule has 8 rings (SSSR count). The second-order valence-corrected chi connectivity index (χ2v) is 12.7. The number of pyridine rings is 2. The summed E-state index contributed by atoms with van der Waals surface area (Å²) in [5.74, 6) is 0.0805. The van der Waals surface area contributed by atoms with Crippen LogP contribution in [0.25, 0.3) is 49.8 Å². The number of piperidine rings is 1. The van der Waals surface area contributed by atoms with Gasteiger partial charge < -0.3 is 19.9 Å². The SMILES string of the molecule is Cc1c(-c2ccc3cc(-c4nn5cc(C(=O)N6CCCC(=N)C6)ccc5c4C)n(CC4CC4)c3c2)cc(F)c2[nH]c(=O)ccc12. The van der Waals surface area contributed by atoms with Crippen molar-refractivity contribution in [2.45, 2.75) is 46.1 Å². The van der Waals surface area contributed by atoms with Crippen LogP contribution in [0.5, 0.6) is 0 Å². The van der Waals surface area contributed by atoms with Crippen molar-refractivity contribution >= 4 is 38.9 Å². The Balaban J connectivity index is 1.23. The molecule has 2 aromatic carbocycles. The van der Waals surface area contributed by atoms with Crippen LogP contribution in [0.3, 0.4) is 0 Å². The number of rotatable bonds is 5. The average Bonchev–Trinajstić information content (AvgIpc) is 3.71. The van der Waals surface area contributed by atoms with E-state index in [9.17, 15) is 9.59 Å². The topological polar surface area (TPSA) is 99.2 Å². The van der Waals surface area contributed by atoms with Gasteiger partial charge in [0.05, 0.1) is 28.8 Å². The van der Waals surface area contributed by atoms with Gasteiger partial charge in [0.2, 0.25) is 5.56 Å². The minimum atomic E-state index is -0.450. The van der Waals surface area contributed by atoms with Gasteiger partial charge in [0.25, 0.3) is 5.91 Å². The van der Waals surface area contributed by atoms with Crippen LogP contribution in [0.1, 0.15) is 47.2 Å². The molecule has 0 atom stereocenters. The Morgan fingerprint density at radius 3 is 2.69 bits per heavy atom. The molecule has 1 aliphatic carbocycles. The van der Waals surface area contributed by atoms with E-state index in [-0.39, 0.29) is 17.0 Å². The fourth-order valence-electron chi connectivity index (χ4n) is 6.87. The predicted molar refractivity (Wildman–Crippen MR) is 175 cm³/mol. The highest BCUT2D eigenvalue weighted by Crippen LogP contribution is 2.39. The number of H-pyrrole nitrogens is 1. The van der Waals surface area contributed by atoms with Gasteiger partial charge in [-0.15, -0.1) is 0 Å². The molecule has 2 aliphatic rings. The molecule has 2 N–H and O–H groups in total. The average molecular weight is 601 g/mol. The number of benzene rings is 2. The van der Waals surface area contributed by atoms with Gasteiger partial charge >= 0.3 is 0 Å². The van der Waals surface area contributed by atoms with E-state index in [0.29, 0.717) is 35.7 Å². The first-order valence-corrected chi connectivity index (χ1v) is 15.6. The first kappa shape index (κ1) is 27.5. The lowest BCUT2D eigenvalue weighted by molar-refractivity contribution is 0.0768. The molecule has 0 radical (unpaired) electrons. The quantitative estimate of drug-likeness (QED) is 0.226. The molecule has 1 amide bonds. The highest BCUT2D eigenvalue weighted by molar-refractivity contribution is 5.98. The zero-order valence-electron chi connectivity index (χ0n) is 25.3. The van der Waals surface area contributed by atoms with Gasteiger partial charge in [-0.2, -0.15) is 5.10 Å². The van der Waals surface area contributed by atoms with E-state index in [1.807, 2.05) is 35.8 Å². The monoisotopic (exact) mass is 600 g/mol. The molecule has 45 heavy (non-hydrogen) atoms. The Morgan fingerprint density at radius 1 is 1.04 bits per heavy atom. The molecule has 6 aromatic rings. The van der Waals surface area contributed by atoms with E-state index in [2.05, 4.69) is 34.7 Å². The standard InChI is InChI=1S/C36H33FN6O2/c1-20-27-10-12-33(44)39-35(27)29(37)16-28(20)23-7-8-24-15-32(42(31(24)14-23)17-22-5-6-22)34-21(2)30-11-9-25(18-43(30)40-34)36(45)41-13-3-4-26(38)19-41/h7-12,14-16,18,22,38H,3-6,13,17,19H2,1-2H3,(H,39,44). The number of aromatic amines is 1. The van der Waals surface area contributed by atoms with Gasteiger partial charge in [-0.05, 0) is 98.5 Å². The summed E-state index contributed by atoms with van der Waals surface area (Å²) in [6.45, 7) is 5.95. The number of carbonyl (C=O) groups is 1. The summed E-state index contributed by atoms with van der Waals surface area (Å²) in [6, 6.07) is 16.9. The van der Waals surface area contributed by atoms with Crippen LogP contribution in [-0.4, -0.2) is 48.8 Å². The minimum absolute atomic E-state index is 0.0711. The molecular formula is C36H33FN6O2. The molecule has 2 fully saturated rings. The largest absolute Gasteiger partial charge is 0.339 e. The number of likely N-dealkylation sites (tertiary alicyclic amines) is 1. The molecule has 0 bridgehead atoms. The summed E-state index contributed by atoms with van der Waals surface area (Å²) >= 11 is 0. The maximum atomic E-state index is 15.2. The molecule has 0 unspecified atom stereocenters. The van der Waals surface area contributed by atoms with E-state index >= 15 is 4.39 Å². The fraction of sp³-hybridized carbons (Fsp3) is 0.278. The van der Waals surface area contributed by atoms with E-state index in [1.165, 1.54) is 25.0 Å². The van der Waals surface area contributed by atoms with Crippen LogP contribution < -0.4 is 5.56 Å². The summed E-state index contributed by atoms with van der Waals surface area (Å²) in [7, 11) is 0. The van der Waals surface area contributed by atoms with Gasteiger partial charge in [0.15, 0.2) is 0 Å². The lowest BCUT2D eigenvalue weighted by Crippen LogP contribution is -2.39. The normalized spacial score (nSPS) is 15.5. The highest BCUT2D eigenvalue weighted by Gasteiger charge is 2.27. The lowest BCUT2D eigenvalue weighted by Gasteiger charge is -2.27. The Hall–Kier alpha value is -5.05. The van der Waals surface area contributed by atoms with Crippen LogP contribution in [0.15, 0.2) is 65.6 Å². The number of nitrogens with one attached hydrogen (secondary N) is 2. The van der Waals surface area contributed by atoms with Gasteiger partial charge in [0, 0.05) is 52.9 Å². The summed E-state index contributed by atoms with van der Waals surface area (Å²) in [6.07, 6.45) is 5.76. The summed E-state index contributed by atoms with van der Waals surface area (Å²) in [4.78, 5) is 29.5. The summed E-state index contributed by atoms with van der Waals surface area (Å²) in [5, 5.41) is 14.8. The van der Waals surface area contributed by atoms with Crippen molar-refractivity contribution in [3.8, 4) is 22.5 Å². The smallest absolute Gasteiger partial charge is 0.255 e. The van der Waals surface area contributed by atoms with Gasteiger partial charge in [-0.3, -0.25) is 9.59 Å². The lowest BCUT2D eigenvalue weighted by atomic mass is 9.96. The fourth-order valence-corrected chi connectivity index (χ4v) is 6.87. The molecule has 1 aliphatic heterocycles. The van der Waals surface area contributed by atoms with Crippen LogP contribution in [0.2, 0.25) is 0 Å². The molecule has 226 valence electrons. The highest BCUT2D eigenvalue weighted by atomic mass is 19.1. The van der Waals surface area contributed by atoms with E-state index in [0.717, 1.165) is 69.4 Å². The third kappa shape index (κ3) is 4.65. The van der Waals surface area contributed by atoms with Crippen LogP contribution >= 0.6 is 0 Å². The van der Waals surface area contributed by atoms with Crippen molar-refractivity contribution in [2.24, 2.45) is 5.92 Å². The first-order chi connectivity index (χ1) is 21.7. The number of halogens is 1. The number of hydrogen-bond donors (Lipinski definition) is 2. The van der Waals surface area contributed by atoms with Crippen LogP contribution in [0, 0.1) is 31.0 Å². The molecule has 5 heterocycles. The minimum Gasteiger partial charge on any atom is -0.339 e. The molecule has 8 nitrogen and oxygen atoms in total. The number of carbonyl (C=O) groups excluding carboxylic acids is 1. The molecule has 1 saturated carbocycles. The number of hydrogen-bond acceptors (Lipinski definition) is 4. The van der Waals surface area contributed by atoms with Crippen molar-refractivity contribution in [1.82, 2.24) is 24.1 Å². The van der Waals surface area contributed by atoms with Gasteiger partial charge in [-0.1, -0.05) is 12.1 Å². The summed E-state index contributed by atoms with van der Waals surface area (Å²) < 4.78 is 19.4. The number of nitrogens with zero attached hydrogens (tertiary/aromatic N) is 4. The number of fused-ring (bicyclic) bond motifs is 3. The van der Waals surface area contributed by atoms with E-state index in [1.54, 1.807) is 11.0 Å². The maximum absolute atomic E-state index is 15.2. The number of amides is 1. The Bertz CT molecular complexity index is 2270. The third-order valence-corrected chi connectivity index (χ3v) is 9.53. The molecular weight excluding hydrogens is 567 g/mol. The maximum Gasteiger partial charge on any atom is 0.255 e. The Morgan fingerprint density at radius 2 is 1.89 bits per heavy atom. The van der Waals surface area contributed by atoms with Crippen molar-refractivity contribution in [1.29, 1.82) is 5.41 Å². The van der Waals surface area contributed by atoms with Crippen LogP contribution in [0.4, 0.5) is 4.39 Å². The summed E-state index contributed by atoms with van der Waals surface area (Å²) in [5.41, 5.74) is 8.61. The van der Waals surface area contributed by atoms with Crippen molar-refractivity contribution in [3.05, 3.63) is 93.7 Å². The Kier molecular flexibility index (Phi) is 6.27. The van der Waals surface area contributed by atoms with Gasteiger partial charge in [0.1, 0.15) is 11.5 Å². The van der Waals surface area contributed by atoms with E-state index in [4.69, 9.17) is 10.5 Å². The number of aromatic nitrogens is 4. The van der Waals surface area contributed by atoms with Crippen LogP contribution in [-0.2, 0) is 6.54 Å². The molecule has 0 spiro atoms. The molecule has 1 saturated heterocycles. The second-order valence-electron chi connectivity index (χ2n) is 12.7. The van der Waals surface area contributed by atoms with Gasteiger partial charge in [-0.25, -0.2) is 8.91 Å². The molecule has 4 aromatic heterocycles. The molecule has 9 heteroatoms. The first-order valence-electron chi connectivity index (χ1n) is 15.6. The number of aryl methyl sites for hydroxylation is 2. The predicted octanol–water partition coefficient (Wildman–Crippen LogP) is 6.89. The second kappa shape index (κ2) is 10.3. The van der Waals surface area contributed by atoms with Crippen molar-refractivity contribution in [3.63, 3.8) is 0 Å². The van der Waals surface area contributed by atoms with Crippen molar-refractivity contribution < 1.29 is 9.18 Å². The zero-order valence-corrected chi connectivity index (χ0v) is 25.3.